The molecule has 0 aliphatic heterocycles. The molecular formula is C14H19N3O2S2. The molecule has 114 valence electrons. The highest BCUT2D eigenvalue weighted by Gasteiger charge is 2.21. The van der Waals surface area contributed by atoms with Gasteiger partial charge in [-0.05, 0) is 27.2 Å². The van der Waals surface area contributed by atoms with Crippen LogP contribution in [0.4, 0.5) is 0 Å². The monoisotopic (exact) mass is 325 g/mol. The Balaban J connectivity index is 2.38. The third-order valence-corrected chi connectivity index (χ3v) is 5.43. The number of carbonyl (C=O) groups is 1. The van der Waals surface area contributed by atoms with E-state index in [4.69, 9.17) is 5.11 Å². The van der Waals surface area contributed by atoms with Crippen molar-refractivity contribution in [3.63, 3.8) is 0 Å². The van der Waals surface area contributed by atoms with Crippen molar-refractivity contribution in [1.29, 1.82) is 0 Å². The highest BCUT2D eigenvalue weighted by molar-refractivity contribution is 7.99. The molecule has 0 saturated heterocycles. The Morgan fingerprint density at radius 3 is 2.76 bits per heavy atom. The van der Waals surface area contributed by atoms with Crippen molar-refractivity contribution in [2.75, 3.05) is 5.75 Å². The summed E-state index contributed by atoms with van der Waals surface area (Å²) < 4.78 is 2.13. The maximum atomic E-state index is 10.8. The second-order valence-electron chi connectivity index (χ2n) is 4.80. The zero-order valence-electron chi connectivity index (χ0n) is 12.6. The minimum atomic E-state index is -0.829. The summed E-state index contributed by atoms with van der Waals surface area (Å²) in [5.41, 5.74) is 2.15. The number of imidazole rings is 1. The van der Waals surface area contributed by atoms with Crippen molar-refractivity contribution in [3.05, 3.63) is 27.5 Å². The summed E-state index contributed by atoms with van der Waals surface area (Å²) in [6, 6.07) is 0.116. The van der Waals surface area contributed by atoms with Crippen molar-refractivity contribution < 1.29 is 9.90 Å². The van der Waals surface area contributed by atoms with Gasteiger partial charge in [0.15, 0.2) is 5.16 Å². The highest BCUT2D eigenvalue weighted by Crippen LogP contribution is 2.32. The summed E-state index contributed by atoms with van der Waals surface area (Å²) >= 11 is 2.95. The van der Waals surface area contributed by atoms with Gasteiger partial charge in [0, 0.05) is 11.9 Å². The number of rotatable bonds is 6. The Morgan fingerprint density at radius 2 is 2.24 bits per heavy atom. The number of thiazole rings is 1. The SMILES string of the molecule is CCc1cnc(SCC(=O)O)n1C(C)c1sc(C)nc1C. The average Bonchev–Trinajstić information content (AvgIpc) is 2.98. The number of aromatic nitrogens is 3. The molecule has 0 aromatic carbocycles. The molecule has 21 heavy (non-hydrogen) atoms. The molecular weight excluding hydrogens is 306 g/mol. The van der Waals surface area contributed by atoms with Gasteiger partial charge in [-0.1, -0.05) is 18.7 Å². The first-order valence-electron chi connectivity index (χ1n) is 6.78. The first-order valence-corrected chi connectivity index (χ1v) is 8.58. The minimum absolute atomic E-state index is 0.0214. The van der Waals surface area contributed by atoms with Gasteiger partial charge in [0.2, 0.25) is 0 Å². The third-order valence-electron chi connectivity index (χ3n) is 3.23. The summed E-state index contributed by atoms with van der Waals surface area (Å²) in [4.78, 5) is 20.9. The van der Waals surface area contributed by atoms with E-state index >= 15 is 0 Å². The van der Waals surface area contributed by atoms with Crippen LogP contribution in [0.25, 0.3) is 0 Å². The number of carboxylic acid groups (broad SMARTS) is 1. The third kappa shape index (κ3) is 3.47. The van der Waals surface area contributed by atoms with Gasteiger partial charge in [-0.25, -0.2) is 9.97 Å². The van der Waals surface area contributed by atoms with E-state index < -0.39 is 5.97 Å². The normalized spacial score (nSPS) is 12.6. The number of thioether (sulfide) groups is 1. The summed E-state index contributed by atoms with van der Waals surface area (Å²) in [5, 5.41) is 10.7. The van der Waals surface area contributed by atoms with Crippen LogP contribution in [0.2, 0.25) is 0 Å². The zero-order valence-corrected chi connectivity index (χ0v) is 14.2. The van der Waals surface area contributed by atoms with E-state index in [0.717, 1.165) is 28.0 Å². The lowest BCUT2D eigenvalue weighted by Gasteiger charge is -2.18. The second-order valence-corrected chi connectivity index (χ2v) is 6.97. The van der Waals surface area contributed by atoms with Crippen LogP contribution in [0.5, 0.6) is 0 Å². The van der Waals surface area contributed by atoms with Crippen molar-refractivity contribution in [1.82, 2.24) is 14.5 Å². The fourth-order valence-corrected chi connectivity index (χ4v) is 4.10. The average molecular weight is 325 g/mol. The van der Waals surface area contributed by atoms with Gasteiger partial charge in [-0.3, -0.25) is 4.79 Å². The first-order chi connectivity index (χ1) is 9.93. The topological polar surface area (TPSA) is 68.0 Å². The van der Waals surface area contributed by atoms with E-state index in [1.807, 2.05) is 20.0 Å². The van der Waals surface area contributed by atoms with E-state index in [1.165, 1.54) is 16.6 Å². The number of carboxylic acids is 1. The quantitative estimate of drug-likeness (QED) is 0.825. The van der Waals surface area contributed by atoms with Crippen LogP contribution in [0.3, 0.4) is 0 Å². The number of aliphatic carboxylic acids is 1. The molecule has 0 bridgehead atoms. The fourth-order valence-electron chi connectivity index (χ4n) is 2.34. The molecule has 2 rings (SSSR count). The molecule has 0 spiro atoms. The predicted octanol–water partition coefficient (Wildman–Crippen LogP) is 3.30. The number of aryl methyl sites for hydroxylation is 3. The first kappa shape index (κ1) is 16.0. The zero-order chi connectivity index (χ0) is 15.6. The molecule has 2 heterocycles. The molecule has 0 amide bonds. The molecule has 0 aliphatic rings. The van der Waals surface area contributed by atoms with Gasteiger partial charge < -0.3 is 9.67 Å². The maximum absolute atomic E-state index is 10.8. The molecule has 0 radical (unpaired) electrons. The molecule has 0 aliphatic carbocycles. The van der Waals surface area contributed by atoms with Gasteiger partial charge in [-0.15, -0.1) is 11.3 Å². The molecule has 1 unspecified atom stereocenters. The van der Waals surface area contributed by atoms with Crippen molar-refractivity contribution in [2.45, 2.75) is 45.3 Å². The number of hydrogen-bond acceptors (Lipinski definition) is 5. The van der Waals surface area contributed by atoms with E-state index in [2.05, 4.69) is 28.4 Å². The fraction of sp³-hybridized carbons (Fsp3) is 0.500. The molecule has 0 fully saturated rings. The van der Waals surface area contributed by atoms with E-state index in [9.17, 15) is 4.79 Å². The molecule has 7 heteroatoms. The van der Waals surface area contributed by atoms with Crippen molar-refractivity contribution in [2.24, 2.45) is 0 Å². The lowest BCUT2D eigenvalue weighted by molar-refractivity contribution is -0.133. The number of hydrogen-bond donors (Lipinski definition) is 1. The van der Waals surface area contributed by atoms with Crippen LogP contribution in [0.1, 0.15) is 41.2 Å². The van der Waals surface area contributed by atoms with Gasteiger partial charge in [-0.2, -0.15) is 0 Å². The molecule has 1 atom stereocenters. The minimum Gasteiger partial charge on any atom is -0.481 e. The Labute approximate surface area is 132 Å². The lowest BCUT2D eigenvalue weighted by atomic mass is 10.2. The standard InChI is InChI=1S/C14H19N3O2S2/c1-5-11-6-15-14(20-7-12(18)19)17(11)9(3)13-8(2)16-10(4)21-13/h6,9H,5,7H2,1-4H3,(H,18,19). The van der Waals surface area contributed by atoms with Crippen LogP contribution in [-0.4, -0.2) is 31.4 Å². The Kier molecular flexibility index (Phi) is 5.05. The maximum Gasteiger partial charge on any atom is 0.313 e. The lowest BCUT2D eigenvalue weighted by Crippen LogP contribution is -2.12. The smallest absolute Gasteiger partial charge is 0.313 e. The molecule has 0 saturated carbocycles. The second kappa shape index (κ2) is 6.62. The summed E-state index contributed by atoms with van der Waals surface area (Å²) in [7, 11) is 0. The van der Waals surface area contributed by atoms with Gasteiger partial charge in [0.05, 0.1) is 27.4 Å². The molecule has 2 aromatic heterocycles. The number of nitrogens with zero attached hydrogens (tertiary/aromatic N) is 3. The Hall–Kier alpha value is -1.34. The van der Waals surface area contributed by atoms with E-state index in [1.54, 1.807) is 11.3 Å². The van der Waals surface area contributed by atoms with Gasteiger partial charge in [0.1, 0.15) is 0 Å². The van der Waals surface area contributed by atoms with Gasteiger partial charge in [0.25, 0.3) is 0 Å². The van der Waals surface area contributed by atoms with Crippen LogP contribution in [-0.2, 0) is 11.2 Å². The van der Waals surface area contributed by atoms with Crippen LogP contribution in [0, 0.1) is 13.8 Å². The van der Waals surface area contributed by atoms with Crippen LogP contribution < -0.4 is 0 Å². The largest absolute Gasteiger partial charge is 0.481 e. The summed E-state index contributed by atoms with van der Waals surface area (Å²) in [6.07, 6.45) is 2.70. The van der Waals surface area contributed by atoms with Crippen LogP contribution >= 0.6 is 23.1 Å². The highest BCUT2D eigenvalue weighted by atomic mass is 32.2. The van der Waals surface area contributed by atoms with Crippen molar-refractivity contribution in [3.8, 4) is 0 Å². The summed E-state index contributed by atoms with van der Waals surface area (Å²) in [5.74, 6) is -0.807. The molecule has 1 N–H and O–H groups in total. The Bertz CT molecular complexity index is 649. The van der Waals surface area contributed by atoms with Gasteiger partial charge >= 0.3 is 5.97 Å². The Morgan fingerprint density at radius 1 is 1.52 bits per heavy atom. The van der Waals surface area contributed by atoms with E-state index in [0.29, 0.717) is 0 Å². The van der Waals surface area contributed by atoms with Crippen molar-refractivity contribution >= 4 is 29.1 Å². The van der Waals surface area contributed by atoms with Crippen LogP contribution in [0.15, 0.2) is 11.4 Å². The summed E-state index contributed by atoms with van der Waals surface area (Å²) in [6.45, 7) is 8.22. The molecule has 2 aromatic rings. The predicted molar refractivity (Wildman–Crippen MR) is 85.4 cm³/mol. The van der Waals surface area contributed by atoms with E-state index in [-0.39, 0.29) is 11.8 Å². The molecule has 5 nitrogen and oxygen atoms in total.